The summed E-state index contributed by atoms with van der Waals surface area (Å²) in [6, 6.07) is 9.21. The van der Waals surface area contributed by atoms with Crippen LogP contribution in [-0.4, -0.2) is 59.1 Å². The molecule has 0 radical (unpaired) electrons. The highest BCUT2D eigenvalue weighted by atomic mass is 35.5. The summed E-state index contributed by atoms with van der Waals surface area (Å²) < 4.78 is 5.19. The zero-order chi connectivity index (χ0) is 28.3. The number of guanidine groups is 1. The van der Waals surface area contributed by atoms with Crippen LogP contribution in [0.25, 0.3) is 0 Å². The maximum absolute atomic E-state index is 12.9. The number of hydrogen-bond acceptors (Lipinski definition) is 9. The lowest BCUT2D eigenvalue weighted by molar-refractivity contribution is -0.118. The fourth-order valence-corrected chi connectivity index (χ4v) is 3.26. The molecule has 0 aliphatic heterocycles. The molecule has 2 aromatic rings. The van der Waals surface area contributed by atoms with Crippen LogP contribution in [-0.2, 0) is 9.53 Å². The fourth-order valence-electron chi connectivity index (χ4n) is 3.13. The van der Waals surface area contributed by atoms with E-state index >= 15 is 0 Å². The number of alkyl carbamates (subject to hydrolysis) is 1. The predicted molar refractivity (Wildman–Crippen MR) is 147 cm³/mol. The monoisotopic (exact) mass is 547 g/mol. The number of aromatic nitrogens is 2. The number of para-hydroxylation sites is 1. The number of nitrogens with one attached hydrogen (secondary N) is 2. The summed E-state index contributed by atoms with van der Waals surface area (Å²) in [6.45, 7) is 6.16. The number of nitrogen functional groups attached to an aromatic ring is 2. The Hall–Kier alpha value is -4.13. The minimum absolute atomic E-state index is 0.0929. The van der Waals surface area contributed by atoms with Crippen LogP contribution in [0.15, 0.2) is 35.3 Å². The van der Waals surface area contributed by atoms with Gasteiger partial charge in [-0.3, -0.25) is 19.9 Å². The lowest BCUT2D eigenvalue weighted by Crippen LogP contribution is -2.38. The number of nitrogens with zero attached hydrogens (tertiary/aromatic N) is 4. The van der Waals surface area contributed by atoms with Crippen LogP contribution in [0.1, 0.15) is 50.5 Å². The van der Waals surface area contributed by atoms with Crippen molar-refractivity contribution in [1.29, 1.82) is 0 Å². The van der Waals surface area contributed by atoms with Crippen LogP contribution in [0.4, 0.5) is 22.1 Å². The van der Waals surface area contributed by atoms with E-state index in [1.807, 2.05) is 30.3 Å². The third-order valence-electron chi connectivity index (χ3n) is 4.81. The predicted octanol–water partition coefficient (Wildman–Crippen LogP) is 2.07. The molecule has 0 aliphatic rings. The summed E-state index contributed by atoms with van der Waals surface area (Å²) in [6.07, 6.45) is 0.718. The van der Waals surface area contributed by atoms with Gasteiger partial charge in [0.05, 0.1) is 0 Å². The molecule has 8 N–H and O–H groups in total. The van der Waals surface area contributed by atoms with Gasteiger partial charge in [0.15, 0.2) is 28.4 Å². The molecule has 206 valence electrons. The Morgan fingerprint density at radius 1 is 1.08 bits per heavy atom. The van der Waals surface area contributed by atoms with Crippen molar-refractivity contribution in [3.63, 3.8) is 0 Å². The van der Waals surface area contributed by atoms with E-state index in [-0.39, 0.29) is 47.3 Å². The summed E-state index contributed by atoms with van der Waals surface area (Å²) in [4.78, 5) is 50.4. The number of rotatable bonds is 10. The molecule has 2 rings (SSSR count). The van der Waals surface area contributed by atoms with E-state index in [0.717, 1.165) is 5.69 Å². The maximum atomic E-state index is 12.9. The SMILES string of the molecule is CC(C)(C)OC(=O)NCCC(=O)N(CCCCN=C(N)NC(=O)c1nc(Cl)c(N)nc1N)c1ccccc1. The van der Waals surface area contributed by atoms with E-state index in [0.29, 0.717) is 25.9 Å². The van der Waals surface area contributed by atoms with Crippen LogP contribution >= 0.6 is 11.6 Å². The highest BCUT2D eigenvalue weighted by Crippen LogP contribution is 2.17. The second-order valence-corrected chi connectivity index (χ2v) is 9.48. The van der Waals surface area contributed by atoms with Crippen molar-refractivity contribution in [2.45, 2.75) is 45.6 Å². The third kappa shape index (κ3) is 10.1. The number of aliphatic imine (C=N–C) groups is 1. The average molecular weight is 548 g/mol. The molecule has 3 amide bonds. The Balaban J connectivity index is 1.86. The number of hydrogen-bond donors (Lipinski definition) is 5. The largest absolute Gasteiger partial charge is 0.444 e. The van der Waals surface area contributed by atoms with Gasteiger partial charge in [-0.1, -0.05) is 29.8 Å². The van der Waals surface area contributed by atoms with Crippen LogP contribution in [0.2, 0.25) is 5.15 Å². The Kier molecular flexibility index (Phi) is 11.1. The first kappa shape index (κ1) is 30.1. The fraction of sp³-hybridized carbons (Fsp3) is 0.417. The average Bonchev–Trinajstić information content (AvgIpc) is 2.82. The van der Waals surface area contributed by atoms with E-state index < -0.39 is 17.6 Å². The normalized spacial score (nSPS) is 11.5. The first-order chi connectivity index (χ1) is 17.9. The van der Waals surface area contributed by atoms with Gasteiger partial charge in [-0.25, -0.2) is 14.8 Å². The lowest BCUT2D eigenvalue weighted by atomic mass is 10.2. The van der Waals surface area contributed by atoms with Crippen LogP contribution < -0.4 is 32.7 Å². The number of unbranched alkanes of at least 4 members (excludes halogenated alkanes) is 1. The molecule has 0 saturated carbocycles. The van der Waals surface area contributed by atoms with Crippen molar-refractivity contribution in [2.75, 3.05) is 36.0 Å². The van der Waals surface area contributed by atoms with Crippen molar-refractivity contribution >= 4 is 52.8 Å². The van der Waals surface area contributed by atoms with Crippen LogP contribution in [0.3, 0.4) is 0 Å². The number of ether oxygens (including phenoxy) is 1. The number of anilines is 3. The Morgan fingerprint density at radius 3 is 2.42 bits per heavy atom. The topological polar surface area (TPSA) is 204 Å². The molecule has 0 unspecified atom stereocenters. The molecular formula is C24H34ClN9O4. The molecule has 0 bridgehead atoms. The number of amides is 3. The second kappa shape index (κ2) is 14.0. The molecule has 0 atom stereocenters. The molecule has 1 aromatic carbocycles. The van der Waals surface area contributed by atoms with Gasteiger partial charge >= 0.3 is 6.09 Å². The molecule has 1 aromatic heterocycles. The van der Waals surface area contributed by atoms with Crippen molar-refractivity contribution in [3.8, 4) is 0 Å². The molecular weight excluding hydrogens is 514 g/mol. The van der Waals surface area contributed by atoms with Gasteiger partial charge in [-0.2, -0.15) is 0 Å². The number of nitrogens with two attached hydrogens (primary N) is 3. The Labute approximate surface area is 226 Å². The minimum atomic E-state index is -0.723. The minimum Gasteiger partial charge on any atom is -0.444 e. The zero-order valence-corrected chi connectivity index (χ0v) is 22.4. The molecule has 38 heavy (non-hydrogen) atoms. The van der Waals surface area contributed by atoms with Gasteiger partial charge in [0, 0.05) is 31.7 Å². The van der Waals surface area contributed by atoms with Crippen molar-refractivity contribution in [3.05, 3.63) is 41.2 Å². The summed E-state index contributed by atoms with van der Waals surface area (Å²) in [5, 5.41) is 4.81. The van der Waals surface area contributed by atoms with E-state index in [2.05, 4.69) is 25.6 Å². The molecule has 14 heteroatoms. The summed E-state index contributed by atoms with van der Waals surface area (Å²) >= 11 is 5.79. The van der Waals surface area contributed by atoms with Crippen LogP contribution in [0, 0.1) is 0 Å². The molecule has 0 aliphatic carbocycles. The van der Waals surface area contributed by atoms with Crippen LogP contribution in [0.5, 0.6) is 0 Å². The number of carbonyl (C=O) groups is 3. The molecule has 0 spiro atoms. The van der Waals surface area contributed by atoms with Gasteiger partial charge < -0.3 is 32.2 Å². The summed E-state index contributed by atoms with van der Waals surface area (Å²) in [7, 11) is 0. The van der Waals surface area contributed by atoms with Crippen molar-refractivity contribution in [2.24, 2.45) is 10.7 Å². The number of carbonyl (C=O) groups excluding carboxylic acids is 3. The van der Waals surface area contributed by atoms with Crippen molar-refractivity contribution < 1.29 is 19.1 Å². The van der Waals surface area contributed by atoms with Gasteiger partial charge in [-0.05, 0) is 45.7 Å². The number of halogens is 1. The standard InChI is InChI=1S/C24H34ClN9O4/c1-24(2,3)38-23(37)30-13-11-16(35)34(15-9-5-4-6-10-15)14-8-7-12-29-22(28)33-21(36)17-19(26)32-20(27)18(25)31-17/h4-6,9-10H,7-8,11-14H2,1-3H3,(H,30,37)(H4,26,27,32)(H3,28,29,33,36). The van der Waals surface area contributed by atoms with Gasteiger partial charge in [0.25, 0.3) is 5.91 Å². The Bertz CT molecular complexity index is 1150. The Morgan fingerprint density at radius 2 is 1.76 bits per heavy atom. The van der Waals surface area contributed by atoms with E-state index in [4.69, 9.17) is 33.5 Å². The van der Waals surface area contributed by atoms with E-state index in [9.17, 15) is 14.4 Å². The molecule has 1 heterocycles. The lowest BCUT2D eigenvalue weighted by Gasteiger charge is -2.23. The maximum Gasteiger partial charge on any atom is 0.407 e. The number of benzene rings is 1. The molecule has 13 nitrogen and oxygen atoms in total. The first-order valence-electron chi connectivity index (χ1n) is 11.9. The van der Waals surface area contributed by atoms with Gasteiger partial charge in [0.2, 0.25) is 5.91 Å². The smallest absolute Gasteiger partial charge is 0.407 e. The second-order valence-electron chi connectivity index (χ2n) is 9.12. The van der Waals surface area contributed by atoms with Gasteiger partial charge in [0.1, 0.15) is 5.60 Å². The molecule has 0 saturated heterocycles. The highest BCUT2D eigenvalue weighted by Gasteiger charge is 2.19. The van der Waals surface area contributed by atoms with E-state index in [1.165, 1.54) is 0 Å². The highest BCUT2D eigenvalue weighted by molar-refractivity contribution is 6.31. The van der Waals surface area contributed by atoms with Gasteiger partial charge in [-0.15, -0.1) is 0 Å². The summed E-state index contributed by atoms with van der Waals surface area (Å²) in [5.41, 5.74) is 16.9. The zero-order valence-electron chi connectivity index (χ0n) is 21.7. The molecule has 0 fully saturated rings. The van der Waals surface area contributed by atoms with Crippen molar-refractivity contribution in [1.82, 2.24) is 20.6 Å². The van der Waals surface area contributed by atoms with E-state index in [1.54, 1.807) is 25.7 Å². The summed E-state index contributed by atoms with van der Waals surface area (Å²) in [5.74, 6) is -1.29. The third-order valence-corrected chi connectivity index (χ3v) is 5.09. The quantitative estimate of drug-likeness (QED) is 0.167. The first-order valence-corrected chi connectivity index (χ1v) is 12.3.